The fourth-order valence-electron chi connectivity index (χ4n) is 2.42. The fourth-order valence-corrected chi connectivity index (χ4v) is 2.71. The lowest BCUT2D eigenvalue weighted by Crippen LogP contribution is -2.11. The molecule has 118 valence electrons. The van der Waals surface area contributed by atoms with Crippen LogP contribution >= 0.6 is 0 Å². The Morgan fingerprint density at radius 2 is 1.41 bits per heavy atom. The summed E-state index contributed by atoms with van der Waals surface area (Å²) in [5.41, 5.74) is 1.51. The van der Waals surface area contributed by atoms with E-state index in [2.05, 4.69) is 0 Å². The molecule has 5 heteroatoms. The number of hydrogen-bond acceptors (Lipinski definition) is 4. The average molecular weight is 318 g/mol. The lowest BCUT2D eigenvalue weighted by atomic mass is 9.90. The second-order valence-corrected chi connectivity index (χ2v) is 5.67. The molecule has 0 spiro atoms. The van der Waals surface area contributed by atoms with Crippen molar-refractivity contribution in [2.24, 2.45) is 0 Å². The number of ether oxygens (including phenoxy) is 1. The minimum atomic E-state index is -0.209. The topological polar surface area (TPSA) is 58.9 Å². The fraction of sp³-hybridized carbons (Fsp3) is 0.294. The number of benzene rings is 2. The second-order valence-electron chi connectivity index (χ2n) is 5.09. The third-order valence-corrected chi connectivity index (χ3v) is 3.95. The molecule has 0 aliphatic carbocycles. The minimum absolute atomic E-state index is 0.209. The van der Waals surface area contributed by atoms with E-state index in [0.29, 0.717) is 19.8 Å². The molecule has 0 unspecified atom stereocenters. The van der Waals surface area contributed by atoms with Crippen molar-refractivity contribution in [1.82, 2.24) is 0 Å². The van der Waals surface area contributed by atoms with Crippen molar-refractivity contribution in [2.45, 2.75) is 12.3 Å². The third-order valence-electron chi connectivity index (χ3n) is 3.55. The standard InChI is InChI=1S/C17H22O4Si/c18-16-8-3-1-6-13(16)15(12-20-10-5-11-21-22)14-7-2-4-9-17(14)19/h1-4,6-9,15,18-19H,5,10-12H2,22H3. The van der Waals surface area contributed by atoms with Gasteiger partial charge in [0.05, 0.1) is 6.61 Å². The highest BCUT2D eigenvalue weighted by Gasteiger charge is 2.20. The Kier molecular flexibility index (Phi) is 6.45. The van der Waals surface area contributed by atoms with Crippen molar-refractivity contribution in [2.75, 3.05) is 19.8 Å². The molecule has 4 nitrogen and oxygen atoms in total. The zero-order valence-electron chi connectivity index (χ0n) is 12.7. The van der Waals surface area contributed by atoms with Crippen molar-refractivity contribution in [3.63, 3.8) is 0 Å². The van der Waals surface area contributed by atoms with Gasteiger partial charge in [-0.05, 0) is 18.6 Å². The molecule has 2 aromatic rings. The van der Waals surface area contributed by atoms with E-state index in [1.54, 1.807) is 24.3 Å². The highest BCUT2D eigenvalue weighted by atomic mass is 28.2. The molecule has 2 aromatic carbocycles. The molecule has 0 aromatic heterocycles. The Morgan fingerprint density at radius 3 is 1.91 bits per heavy atom. The van der Waals surface area contributed by atoms with Crippen molar-refractivity contribution >= 4 is 10.5 Å². The molecule has 0 amide bonds. The van der Waals surface area contributed by atoms with Crippen LogP contribution in [0.25, 0.3) is 0 Å². The van der Waals surface area contributed by atoms with Crippen LogP contribution in [0.3, 0.4) is 0 Å². The van der Waals surface area contributed by atoms with E-state index in [-0.39, 0.29) is 17.4 Å². The summed E-state index contributed by atoms with van der Waals surface area (Å²) in [6.07, 6.45) is 0.845. The molecule has 0 radical (unpaired) electrons. The maximum absolute atomic E-state index is 10.1. The van der Waals surface area contributed by atoms with Gasteiger partial charge in [0.1, 0.15) is 22.0 Å². The lowest BCUT2D eigenvalue weighted by molar-refractivity contribution is 0.114. The Hall–Kier alpha value is -1.82. The molecular weight excluding hydrogens is 296 g/mol. The number of phenolic OH excluding ortho intramolecular Hbond substituents is 2. The van der Waals surface area contributed by atoms with Crippen LogP contribution in [0, 0.1) is 0 Å². The van der Waals surface area contributed by atoms with Crippen LogP contribution in [0.2, 0.25) is 0 Å². The summed E-state index contributed by atoms with van der Waals surface area (Å²) in [5, 5.41) is 20.2. The summed E-state index contributed by atoms with van der Waals surface area (Å²) in [4.78, 5) is 0. The molecule has 0 atom stereocenters. The van der Waals surface area contributed by atoms with Gasteiger partial charge < -0.3 is 19.4 Å². The number of para-hydroxylation sites is 2. The van der Waals surface area contributed by atoms with Gasteiger partial charge in [-0.3, -0.25) is 0 Å². The van der Waals surface area contributed by atoms with Crippen LogP contribution in [0.1, 0.15) is 23.5 Å². The molecule has 0 bridgehead atoms. The van der Waals surface area contributed by atoms with E-state index in [4.69, 9.17) is 9.16 Å². The molecule has 0 saturated carbocycles. The normalized spacial score (nSPS) is 11.1. The van der Waals surface area contributed by atoms with Crippen LogP contribution in [0.4, 0.5) is 0 Å². The van der Waals surface area contributed by atoms with Gasteiger partial charge in [-0.2, -0.15) is 0 Å². The zero-order valence-corrected chi connectivity index (χ0v) is 14.7. The van der Waals surface area contributed by atoms with Crippen molar-refractivity contribution < 1.29 is 19.4 Å². The van der Waals surface area contributed by atoms with Crippen molar-refractivity contribution in [3.05, 3.63) is 59.7 Å². The monoisotopic (exact) mass is 318 g/mol. The Balaban J connectivity index is 2.18. The van der Waals surface area contributed by atoms with Crippen molar-refractivity contribution in [3.8, 4) is 11.5 Å². The van der Waals surface area contributed by atoms with Crippen LogP contribution in [0.15, 0.2) is 48.5 Å². The van der Waals surface area contributed by atoms with Gasteiger partial charge in [-0.1, -0.05) is 36.4 Å². The third kappa shape index (κ3) is 4.33. The first-order valence-corrected chi connectivity index (χ1v) is 8.18. The maximum atomic E-state index is 10.1. The van der Waals surface area contributed by atoms with E-state index in [1.807, 2.05) is 24.3 Å². The van der Waals surface area contributed by atoms with Gasteiger partial charge in [-0.25, -0.2) is 0 Å². The van der Waals surface area contributed by atoms with Crippen molar-refractivity contribution in [1.29, 1.82) is 0 Å². The predicted molar refractivity (Wildman–Crippen MR) is 89.4 cm³/mol. The highest BCUT2D eigenvalue weighted by Crippen LogP contribution is 2.35. The Labute approximate surface area is 133 Å². The summed E-state index contributed by atoms with van der Waals surface area (Å²) in [5.74, 6) is 0.212. The minimum Gasteiger partial charge on any atom is -0.508 e. The SMILES string of the molecule is Oc1ccccc1C(COCCCO[SiH3])c1ccccc1O. The largest absolute Gasteiger partial charge is 0.508 e. The van der Waals surface area contributed by atoms with E-state index in [0.717, 1.165) is 28.0 Å². The quantitative estimate of drug-likeness (QED) is 0.577. The first-order valence-electron chi connectivity index (χ1n) is 7.36. The molecule has 0 fully saturated rings. The van der Waals surface area contributed by atoms with Crippen LogP contribution in [-0.2, 0) is 9.16 Å². The average Bonchev–Trinajstić information content (AvgIpc) is 2.53. The molecule has 22 heavy (non-hydrogen) atoms. The van der Waals surface area contributed by atoms with Gasteiger partial charge >= 0.3 is 0 Å². The molecule has 0 aliphatic rings. The molecule has 0 heterocycles. The summed E-state index contributed by atoms with van der Waals surface area (Å²) in [6.45, 7) is 1.71. The Morgan fingerprint density at radius 1 is 0.864 bits per heavy atom. The van der Waals surface area contributed by atoms with Gasteiger partial charge in [0.15, 0.2) is 0 Å². The highest BCUT2D eigenvalue weighted by molar-refractivity contribution is 5.97. The summed E-state index contributed by atoms with van der Waals surface area (Å²) in [6, 6.07) is 14.3. The van der Waals surface area contributed by atoms with Gasteiger partial charge in [0.2, 0.25) is 0 Å². The van der Waals surface area contributed by atoms with Crippen LogP contribution in [0.5, 0.6) is 11.5 Å². The summed E-state index contributed by atoms with van der Waals surface area (Å²) >= 11 is 0. The molecular formula is C17H22O4Si. The second kappa shape index (κ2) is 8.58. The zero-order chi connectivity index (χ0) is 15.8. The number of rotatable bonds is 8. The number of phenols is 2. The first-order chi connectivity index (χ1) is 10.7. The lowest BCUT2D eigenvalue weighted by Gasteiger charge is -2.20. The molecule has 2 rings (SSSR count). The first kappa shape index (κ1) is 16.5. The van der Waals surface area contributed by atoms with Gasteiger partial charge in [0, 0.05) is 30.3 Å². The predicted octanol–water partition coefficient (Wildman–Crippen LogP) is 1.93. The number of hydrogen-bond donors (Lipinski definition) is 2. The summed E-state index contributed by atoms with van der Waals surface area (Å²) < 4.78 is 10.9. The van der Waals surface area contributed by atoms with Crippen LogP contribution < -0.4 is 0 Å². The molecule has 0 saturated heterocycles. The maximum Gasteiger partial charge on any atom is 0.145 e. The van der Waals surface area contributed by atoms with E-state index < -0.39 is 0 Å². The molecule has 2 N–H and O–H groups in total. The smallest absolute Gasteiger partial charge is 0.145 e. The van der Waals surface area contributed by atoms with E-state index >= 15 is 0 Å². The Bertz CT molecular complexity index is 543. The molecule has 0 aliphatic heterocycles. The summed E-state index contributed by atoms with van der Waals surface area (Å²) in [7, 11) is 0.740. The van der Waals surface area contributed by atoms with Gasteiger partial charge in [-0.15, -0.1) is 0 Å². The van der Waals surface area contributed by atoms with Crippen LogP contribution in [-0.4, -0.2) is 40.5 Å². The van der Waals surface area contributed by atoms with E-state index in [1.165, 1.54) is 0 Å². The van der Waals surface area contributed by atoms with Gasteiger partial charge in [0.25, 0.3) is 0 Å². The number of aromatic hydroxyl groups is 2. The van der Waals surface area contributed by atoms with E-state index in [9.17, 15) is 10.2 Å².